The molecule has 0 spiro atoms. The molecular weight excluding hydrogens is 470 g/mol. The number of hydrogen-bond donors (Lipinski definition) is 1. The van der Waals surface area contributed by atoms with Crippen LogP contribution in [0.2, 0.25) is 5.02 Å². The minimum Gasteiger partial charge on any atom is -0.478 e. The van der Waals surface area contributed by atoms with Crippen LogP contribution in [0.25, 0.3) is 11.1 Å². The summed E-state index contributed by atoms with van der Waals surface area (Å²) in [6, 6.07) is 30.4. The first-order valence-corrected chi connectivity index (χ1v) is 12.3. The average Bonchev–Trinajstić information content (AvgIpc) is 2.90. The molecule has 5 heteroatoms. The number of carbonyl (C=O) groups is 2. The Labute approximate surface area is 216 Å². The summed E-state index contributed by atoms with van der Waals surface area (Å²) in [6.45, 7) is 2.96. The number of aryl methyl sites for hydroxylation is 2. The molecule has 1 N–H and O–H groups in total. The van der Waals surface area contributed by atoms with Crippen molar-refractivity contribution in [3.63, 3.8) is 0 Å². The lowest BCUT2D eigenvalue weighted by Gasteiger charge is -2.24. The number of halogens is 1. The van der Waals surface area contributed by atoms with Crippen molar-refractivity contribution in [1.82, 2.24) is 4.90 Å². The van der Waals surface area contributed by atoms with Crippen molar-refractivity contribution < 1.29 is 14.7 Å². The first-order valence-electron chi connectivity index (χ1n) is 11.9. The van der Waals surface area contributed by atoms with Crippen molar-refractivity contribution >= 4 is 23.5 Å². The highest BCUT2D eigenvalue weighted by Gasteiger charge is 2.19. The number of amides is 1. The van der Waals surface area contributed by atoms with Crippen molar-refractivity contribution in [2.45, 2.75) is 26.3 Å². The van der Waals surface area contributed by atoms with Crippen LogP contribution in [0.1, 0.15) is 43.8 Å². The molecule has 4 rings (SSSR count). The van der Waals surface area contributed by atoms with Gasteiger partial charge < -0.3 is 10.0 Å². The summed E-state index contributed by atoms with van der Waals surface area (Å²) in [6.07, 6.45) is 1.69. The second kappa shape index (κ2) is 11.7. The zero-order chi connectivity index (χ0) is 25.5. The topological polar surface area (TPSA) is 57.6 Å². The maximum atomic E-state index is 13.5. The molecule has 0 saturated heterocycles. The lowest BCUT2D eigenvalue weighted by molar-refractivity contribution is 0.0696. The van der Waals surface area contributed by atoms with Crippen LogP contribution in [0.3, 0.4) is 0 Å². The van der Waals surface area contributed by atoms with E-state index in [4.69, 9.17) is 11.6 Å². The van der Waals surface area contributed by atoms with E-state index in [-0.39, 0.29) is 11.5 Å². The van der Waals surface area contributed by atoms with Crippen LogP contribution >= 0.6 is 11.6 Å². The Morgan fingerprint density at radius 1 is 0.806 bits per heavy atom. The summed E-state index contributed by atoms with van der Waals surface area (Å²) in [7, 11) is 0. The van der Waals surface area contributed by atoms with Gasteiger partial charge in [0, 0.05) is 13.1 Å². The Hall–Kier alpha value is -3.89. The maximum Gasteiger partial charge on any atom is 0.336 e. The Bertz CT molecular complexity index is 1350. The van der Waals surface area contributed by atoms with Crippen molar-refractivity contribution in [2.24, 2.45) is 0 Å². The molecule has 0 saturated carbocycles. The number of carboxylic acids is 1. The average molecular weight is 498 g/mol. The smallest absolute Gasteiger partial charge is 0.336 e. The standard InChI is InChI=1S/C31H28ClNO3/c1-22-13-18-29(32)28(20-22)30(34)33(19-7-10-23-8-3-2-4-9-23)21-24-14-16-25(17-15-24)26-11-5-6-12-27(26)31(35)36/h2-6,8-9,11-18,20H,7,10,19,21H2,1H3,(H,35,36). The van der Waals surface area contributed by atoms with Crippen LogP contribution in [-0.2, 0) is 13.0 Å². The van der Waals surface area contributed by atoms with Crippen LogP contribution in [0.4, 0.5) is 0 Å². The van der Waals surface area contributed by atoms with Crippen LogP contribution in [0.5, 0.6) is 0 Å². The Balaban J connectivity index is 1.55. The molecule has 0 fully saturated rings. The second-order valence-electron chi connectivity index (χ2n) is 8.85. The van der Waals surface area contributed by atoms with E-state index in [1.807, 2.05) is 72.5 Å². The van der Waals surface area contributed by atoms with Crippen LogP contribution in [0.15, 0.2) is 97.1 Å². The SMILES string of the molecule is Cc1ccc(Cl)c(C(=O)N(CCCc2ccccc2)Cc2ccc(-c3ccccc3C(=O)O)cc2)c1. The van der Waals surface area contributed by atoms with Gasteiger partial charge in [-0.15, -0.1) is 0 Å². The molecule has 1 amide bonds. The quantitative estimate of drug-likeness (QED) is 0.264. The molecule has 0 atom stereocenters. The second-order valence-corrected chi connectivity index (χ2v) is 9.25. The lowest BCUT2D eigenvalue weighted by Crippen LogP contribution is -2.32. The first kappa shape index (κ1) is 25.2. The minimum absolute atomic E-state index is 0.0999. The van der Waals surface area contributed by atoms with E-state index in [1.54, 1.807) is 24.3 Å². The molecule has 0 heterocycles. The van der Waals surface area contributed by atoms with Gasteiger partial charge >= 0.3 is 5.97 Å². The normalized spacial score (nSPS) is 10.7. The summed E-state index contributed by atoms with van der Waals surface area (Å²) in [5, 5.41) is 9.97. The molecule has 0 aliphatic heterocycles. The zero-order valence-corrected chi connectivity index (χ0v) is 20.9. The zero-order valence-electron chi connectivity index (χ0n) is 20.2. The summed E-state index contributed by atoms with van der Waals surface area (Å²) < 4.78 is 0. The van der Waals surface area contributed by atoms with Gasteiger partial charge in [-0.25, -0.2) is 4.79 Å². The molecule has 0 aliphatic rings. The molecule has 36 heavy (non-hydrogen) atoms. The highest BCUT2D eigenvalue weighted by molar-refractivity contribution is 6.33. The molecule has 4 aromatic rings. The molecule has 0 bridgehead atoms. The third-order valence-corrected chi connectivity index (χ3v) is 6.50. The number of rotatable bonds is 9. The van der Waals surface area contributed by atoms with E-state index >= 15 is 0 Å². The fourth-order valence-electron chi connectivity index (χ4n) is 4.28. The van der Waals surface area contributed by atoms with Crippen molar-refractivity contribution in [1.29, 1.82) is 0 Å². The molecule has 0 aromatic heterocycles. The van der Waals surface area contributed by atoms with E-state index in [1.165, 1.54) is 5.56 Å². The maximum absolute atomic E-state index is 13.5. The first-order chi connectivity index (χ1) is 17.4. The van der Waals surface area contributed by atoms with E-state index < -0.39 is 5.97 Å². The van der Waals surface area contributed by atoms with E-state index in [0.717, 1.165) is 29.5 Å². The number of carbonyl (C=O) groups excluding carboxylic acids is 1. The molecule has 4 nitrogen and oxygen atoms in total. The van der Waals surface area contributed by atoms with Crippen LogP contribution in [-0.4, -0.2) is 28.4 Å². The lowest BCUT2D eigenvalue weighted by atomic mass is 9.98. The Morgan fingerprint density at radius 3 is 2.22 bits per heavy atom. The predicted octanol–water partition coefficient (Wildman–Crippen LogP) is 7.29. The van der Waals surface area contributed by atoms with Gasteiger partial charge in [-0.05, 0) is 60.2 Å². The monoisotopic (exact) mass is 497 g/mol. The van der Waals surface area contributed by atoms with Gasteiger partial charge in [0.15, 0.2) is 0 Å². The predicted molar refractivity (Wildman–Crippen MR) is 145 cm³/mol. The van der Waals surface area contributed by atoms with Crippen LogP contribution < -0.4 is 0 Å². The number of carboxylic acid groups (broad SMARTS) is 1. The number of nitrogens with zero attached hydrogens (tertiary/aromatic N) is 1. The van der Waals surface area contributed by atoms with Crippen molar-refractivity contribution in [2.75, 3.05) is 6.54 Å². The summed E-state index contributed by atoms with van der Waals surface area (Å²) >= 11 is 6.40. The van der Waals surface area contributed by atoms with E-state index in [2.05, 4.69) is 12.1 Å². The number of aromatic carboxylic acids is 1. The highest BCUT2D eigenvalue weighted by atomic mass is 35.5. The molecule has 4 aromatic carbocycles. The van der Waals surface area contributed by atoms with Gasteiger partial charge in [-0.3, -0.25) is 4.79 Å². The van der Waals surface area contributed by atoms with Crippen molar-refractivity contribution in [3.8, 4) is 11.1 Å². The van der Waals surface area contributed by atoms with Crippen LogP contribution in [0, 0.1) is 6.92 Å². The molecule has 182 valence electrons. The van der Waals surface area contributed by atoms with Gasteiger partial charge in [0.2, 0.25) is 0 Å². The largest absolute Gasteiger partial charge is 0.478 e. The fraction of sp³-hybridized carbons (Fsp3) is 0.161. The van der Waals surface area contributed by atoms with E-state index in [9.17, 15) is 14.7 Å². The highest BCUT2D eigenvalue weighted by Crippen LogP contribution is 2.25. The third kappa shape index (κ3) is 6.21. The van der Waals surface area contributed by atoms with Gasteiger partial charge in [0.05, 0.1) is 16.1 Å². The van der Waals surface area contributed by atoms with E-state index in [0.29, 0.717) is 29.2 Å². The van der Waals surface area contributed by atoms with Gasteiger partial charge in [-0.2, -0.15) is 0 Å². The summed E-state index contributed by atoms with van der Waals surface area (Å²) in [4.78, 5) is 27.0. The number of benzene rings is 4. The fourth-order valence-corrected chi connectivity index (χ4v) is 4.47. The number of hydrogen-bond acceptors (Lipinski definition) is 2. The summed E-state index contributed by atoms with van der Waals surface area (Å²) in [5.41, 5.74) is 5.43. The molecule has 0 unspecified atom stereocenters. The Kier molecular flexibility index (Phi) is 8.19. The molecule has 0 radical (unpaired) electrons. The summed E-state index contributed by atoms with van der Waals surface area (Å²) in [5.74, 6) is -1.06. The van der Waals surface area contributed by atoms with Gasteiger partial charge in [-0.1, -0.05) is 96.0 Å². The minimum atomic E-state index is -0.958. The van der Waals surface area contributed by atoms with Gasteiger partial charge in [0.1, 0.15) is 0 Å². The molecule has 0 aliphatic carbocycles. The molecular formula is C31H28ClNO3. The van der Waals surface area contributed by atoms with Crippen molar-refractivity contribution in [3.05, 3.63) is 130 Å². The van der Waals surface area contributed by atoms with Gasteiger partial charge in [0.25, 0.3) is 5.91 Å². The Morgan fingerprint density at radius 2 is 1.50 bits per heavy atom. The third-order valence-electron chi connectivity index (χ3n) is 6.17.